The number of benzene rings is 1. The minimum atomic E-state index is -0.277. The Kier molecular flexibility index (Phi) is 5.04. The third-order valence-corrected chi connectivity index (χ3v) is 5.07. The summed E-state index contributed by atoms with van der Waals surface area (Å²) >= 11 is 0. The van der Waals surface area contributed by atoms with Crippen molar-refractivity contribution in [2.24, 2.45) is 5.41 Å². The molecule has 0 bridgehead atoms. The van der Waals surface area contributed by atoms with Crippen molar-refractivity contribution in [3.05, 3.63) is 29.8 Å². The number of hydrogen-bond acceptors (Lipinski definition) is 4. The van der Waals surface area contributed by atoms with Gasteiger partial charge in [0.05, 0.1) is 19.1 Å². The maximum absolute atomic E-state index is 12.2. The van der Waals surface area contributed by atoms with E-state index in [1.807, 2.05) is 24.3 Å². The number of nitrogens with one attached hydrogen (secondary N) is 2. The van der Waals surface area contributed by atoms with Crippen molar-refractivity contribution >= 4 is 11.8 Å². The van der Waals surface area contributed by atoms with Crippen LogP contribution in [0.3, 0.4) is 0 Å². The first-order valence-electron chi connectivity index (χ1n) is 8.52. The van der Waals surface area contributed by atoms with Crippen molar-refractivity contribution < 1.29 is 14.3 Å². The molecule has 1 unspecified atom stereocenters. The molecule has 1 atom stereocenters. The monoisotopic (exact) mass is 331 g/mol. The first kappa shape index (κ1) is 16.8. The highest BCUT2D eigenvalue weighted by Gasteiger charge is 2.45. The van der Waals surface area contributed by atoms with Crippen LogP contribution in [0.4, 0.5) is 0 Å². The lowest BCUT2D eigenvalue weighted by atomic mass is 9.79. The van der Waals surface area contributed by atoms with E-state index in [1.165, 1.54) is 0 Å². The summed E-state index contributed by atoms with van der Waals surface area (Å²) in [6.07, 6.45) is 2.80. The maximum atomic E-state index is 12.2. The van der Waals surface area contributed by atoms with Crippen LogP contribution in [0.25, 0.3) is 0 Å². The molecule has 24 heavy (non-hydrogen) atoms. The number of rotatable bonds is 5. The highest BCUT2D eigenvalue weighted by atomic mass is 16.5. The summed E-state index contributed by atoms with van der Waals surface area (Å²) in [5.41, 5.74) is 0.680. The molecule has 0 saturated carbocycles. The van der Waals surface area contributed by atoms with Crippen molar-refractivity contribution in [2.45, 2.75) is 25.8 Å². The van der Waals surface area contributed by atoms with Gasteiger partial charge in [0.25, 0.3) is 0 Å². The Morgan fingerprint density at radius 3 is 3.00 bits per heavy atom. The fourth-order valence-electron chi connectivity index (χ4n) is 3.71. The number of amides is 2. The number of hydrogen-bond donors (Lipinski definition) is 2. The molecule has 3 rings (SSSR count). The second-order valence-electron chi connectivity index (χ2n) is 6.69. The van der Waals surface area contributed by atoms with E-state index >= 15 is 0 Å². The van der Waals surface area contributed by atoms with Crippen molar-refractivity contribution in [3.8, 4) is 5.75 Å². The van der Waals surface area contributed by atoms with E-state index in [2.05, 4.69) is 15.5 Å². The molecule has 6 heteroatoms. The van der Waals surface area contributed by atoms with E-state index in [9.17, 15) is 9.59 Å². The molecule has 0 radical (unpaired) electrons. The van der Waals surface area contributed by atoms with Crippen molar-refractivity contribution in [3.63, 3.8) is 0 Å². The zero-order valence-electron chi connectivity index (χ0n) is 14.1. The van der Waals surface area contributed by atoms with E-state index < -0.39 is 0 Å². The summed E-state index contributed by atoms with van der Waals surface area (Å²) in [5, 5.41) is 5.91. The third-order valence-electron chi connectivity index (χ3n) is 5.07. The lowest BCUT2D eigenvalue weighted by Gasteiger charge is -2.32. The Hall–Kier alpha value is -2.08. The van der Waals surface area contributed by atoms with Gasteiger partial charge < -0.3 is 15.4 Å². The maximum Gasteiger partial charge on any atom is 0.234 e. The van der Waals surface area contributed by atoms with E-state index in [4.69, 9.17) is 4.74 Å². The van der Waals surface area contributed by atoms with Crippen molar-refractivity contribution in [1.29, 1.82) is 0 Å². The van der Waals surface area contributed by atoms with Crippen molar-refractivity contribution in [1.82, 2.24) is 15.5 Å². The standard InChI is InChI=1S/C18H25N3O3/c1-24-15-6-3-2-5-14(15)11-20-16(22)12-21-10-8-18(13-21)7-4-9-19-17(18)23/h2-3,5-6H,4,7-13H2,1H3,(H,19,23)(H,20,22). The Balaban J connectivity index is 1.50. The van der Waals surface area contributed by atoms with Crippen LogP contribution in [-0.2, 0) is 16.1 Å². The summed E-state index contributed by atoms with van der Waals surface area (Å²) < 4.78 is 5.29. The number of nitrogens with zero attached hydrogens (tertiary/aromatic N) is 1. The molecule has 2 fully saturated rings. The largest absolute Gasteiger partial charge is 0.496 e. The molecule has 1 spiro atoms. The van der Waals surface area contributed by atoms with Crippen molar-refractivity contribution in [2.75, 3.05) is 33.3 Å². The van der Waals surface area contributed by atoms with Gasteiger partial charge in [0.1, 0.15) is 5.75 Å². The van der Waals surface area contributed by atoms with Gasteiger partial charge in [-0.25, -0.2) is 0 Å². The number of carbonyl (C=O) groups is 2. The molecular formula is C18H25N3O3. The summed E-state index contributed by atoms with van der Waals surface area (Å²) in [6.45, 7) is 3.04. The molecule has 2 saturated heterocycles. The molecule has 2 aliphatic heterocycles. The van der Waals surface area contributed by atoms with Crippen LogP contribution in [0.1, 0.15) is 24.8 Å². The Labute approximate surface area is 142 Å². The first-order valence-corrected chi connectivity index (χ1v) is 8.52. The first-order chi connectivity index (χ1) is 11.6. The van der Waals surface area contributed by atoms with Gasteiger partial charge in [-0.2, -0.15) is 0 Å². The topological polar surface area (TPSA) is 70.7 Å². The molecule has 2 amide bonds. The molecule has 0 aromatic heterocycles. The van der Waals surface area contributed by atoms with Gasteiger partial charge in [-0.15, -0.1) is 0 Å². The molecule has 2 aliphatic rings. The third kappa shape index (κ3) is 3.53. The van der Waals surface area contributed by atoms with E-state index in [-0.39, 0.29) is 17.2 Å². The quantitative estimate of drug-likeness (QED) is 0.841. The predicted octanol–water partition coefficient (Wildman–Crippen LogP) is 0.913. The van der Waals surface area contributed by atoms with Crippen LogP contribution in [-0.4, -0.2) is 50.0 Å². The van der Waals surface area contributed by atoms with Crippen LogP contribution in [0.5, 0.6) is 5.75 Å². The molecule has 2 heterocycles. The molecule has 1 aromatic rings. The van der Waals surface area contributed by atoms with Crippen LogP contribution in [0.2, 0.25) is 0 Å². The van der Waals surface area contributed by atoms with E-state index in [0.29, 0.717) is 19.6 Å². The average molecular weight is 331 g/mol. The normalized spacial score (nSPS) is 24.0. The lowest BCUT2D eigenvalue weighted by Crippen LogP contribution is -2.48. The van der Waals surface area contributed by atoms with Crippen LogP contribution in [0.15, 0.2) is 24.3 Å². The second-order valence-corrected chi connectivity index (χ2v) is 6.69. The number of methoxy groups -OCH3 is 1. The minimum Gasteiger partial charge on any atom is -0.496 e. The molecule has 0 aliphatic carbocycles. The van der Waals surface area contributed by atoms with Crippen LogP contribution >= 0.6 is 0 Å². The highest BCUT2D eigenvalue weighted by Crippen LogP contribution is 2.37. The van der Waals surface area contributed by atoms with E-state index in [0.717, 1.165) is 43.7 Å². The minimum absolute atomic E-state index is 0.0193. The van der Waals surface area contributed by atoms with Gasteiger partial charge in [0.15, 0.2) is 0 Å². The summed E-state index contributed by atoms with van der Waals surface area (Å²) in [7, 11) is 1.62. The summed E-state index contributed by atoms with van der Waals surface area (Å²) in [5.74, 6) is 0.914. The number of likely N-dealkylation sites (tertiary alicyclic amines) is 1. The molecule has 130 valence electrons. The fraction of sp³-hybridized carbons (Fsp3) is 0.556. The number of ether oxygens (including phenoxy) is 1. The number of piperidine rings is 1. The molecule has 6 nitrogen and oxygen atoms in total. The number of para-hydroxylation sites is 1. The molecule has 1 aromatic carbocycles. The van der Waals surface area contributed by atoms with E-state index in [1.54, 1.807) is 7.11 Å². The van der Waals surface area contributed by atoms with Gasteiger partial charge in [0.2, 0.25) is 11.8 Å². The van der Waals surface area contributed by atoms with Gasteiger partial charge in [-0.1, -0.05) is 18.2 Å². The number of carbonyl (C=O) groups excluding carboxylic acids is 2. The van der Waals surface area contributed by atoms with Crippen LogP contribution in [0, 0.1) is 5.41 Å². The molecular weight excluding hydrogens is 306 g/mol. The smallest absolute Gasteiger partial charge is 0.234 e. The Morgan fingerprint density at radius 2 is 2.21 bits per heavy atom. The Morgan fingerprint density at radius 1 is 1.38 bits per heavy atom. The Bertz CT molecular complexity index is 619. The highest BCUT2D eigenvalue weighted by molar-refractivity contribution is 5.84. The van der Waals surface area contributed by atoms with Gasteiger partial charge in [-0.3, -0.25) is 14.5 Å². The van der Waals surface area contributed by atoms with Gasteiger partial charge in [-0.05, 0) is 31.9 Å². The zero-order valence-corrected chi connectivity index (χ0v) is 14.1. The van der Waals surface area contributed by atoms with Gasteiger partial charge >= 0.3 is 0 Å². The summed E-state index contributed by atoms with van der Waals surface area (Å²) in [4.78, 5) is 26.5. The second kappa shape index (κ2) is 7.21. The van der Waals surface area contributed by atoms with Gasteiger partial charge in [0, 0.05) is 25.2 Å². The predicted molar refractivity (Wildman–Crippen MR) is 90.6 cm³/mol. The lowest BCUT2D eigenvalue weighted by molar-refractivity contribution is -0.133. The summed E-state index contributed by atoms with van der Waals surface area (Å²) in [6, 6.07) is 7.66. The SMILES string of the molecule is COc1ccccc1CNC(=O)CN1CCC2(CCCNC2=O)C1. The fourth-order valence-corrected chi connectivity index (χ4v) is 3.71. The molecule has 2 N–H and O–H groups in total. The average Bonchev–Trinajstić information content (AvgIpc) is 2.99. The zero-order chi connectivity index (χ0) is 17.0. The van der Waals surface area contributed by atoms with Crippen LogP contribution < -0.4 is 15.4 Å².